The van der Waals surface area contributed by atoms with Crippen LogP contribution >= 0.6 is 11.3 Å². The van der Waals surface area contributed by atoms with Crippen molar-refractivity contribution in [2.75, 3.05) is 13.2 Å². The number of amides is 1. The van der Waals surface area contributed by atoms with Gasteiger partial charge in [-0.3, -0.25) is 4.79 Å². The molecule has 1 fully saturated rings. The lowest BCUT2D eigenvalue weighted by Crippen LogP contribution is -2.52. The summed E-state index contributed by atoms with van der Waals surface area (Å²) in [5.41, 5.74) is -0.921. The Labute approximate surface area is 111 Å². The van der Waals surface area contributed by atoms with Crippen molar-refractivity contribution < 1.29 is 15.0 Å². The van der Waals surface area contributed by atoms with Gasteiger partial charge in [-0.05, 0) is 32.4 Å². The molecule has 1 aliphatic rings. The topological polar surface area (TPSA) is 69.6 Å². The van der Waals surface area contributed by atoms with Gasteiger partial charge in [0.2, 0.25) is 5.91 Å². The Morgan fingerprint density at radius 3 is 2.67 bits per heavy atom. The molecule has 3 N–H and O–H groups in total. The van der Waals surface area contributed by atoms with Crippen LogP contribution in [0.25, 0.3) is 0 Å². The highest BCUT2D eigenvalue weighted by molar-refractivity contribution is 7.12. The van der Waals surface area contributed by atoms with E-state index in [4.69, 9.17) is 10.2 Å². The molecule has 0 saturated heterocycles. The molecule has 0 radical (unpaired) electrons. The number of aliphatic hydroxyl groups excluding tert-OH is 2. The van der Waals surface area contributed by atoms with Crippen molar-refractivity contribution in [3.8, 4) is 0 Å². The Balaban J connectivity index is 1.93. The molecule has 2 rings (SSSR count). The van der Waals surface area contributed by atoms with E-state index in [0.717, 1.165) is 6.42 Å². The molecule has 0 aliphatic heterocycles. The minimum Gasteiger partial charge on any atom is -0.394 e. The Hall–Kier alpha value is -0.910. The Morgan fingerprint density at radius 1 is 1.50 bits per heavy atom. The molecule has 1 saturated carbocycles. The summed E-state index contributed by atoms with van der Waals surface area (Å²) >= 11 is 1.73. The van der Waals surface area contributed by atoms with Gasteiger partial charge in [0.05, 0.1) is 18.8 Å². The third kappa shape index (κ3) is 2.74. The van der Waals surface area contributed by atoms with Gasteiger partial charge < -0.3 is 15.5 Å². The Kier molecular flexibility index (Phi) is 3.75. The minimum absolute atomic E-state index is 0.0134. The normalized spacial score (nSPS) is 22.9. The lowest BCUT2D eigenvalue weighted by Gasteiger charge is -2.26. The van der Waals surface area contributed by atoms with E-state index in [1.54, 1.807) is 18.3 Å². The van der Waals surface area contributed by atoms with Crippen molar-refractivity contribution in [1.29, 1.82) is 0 Å². The van der Waals surface area contributed by atoms with E-state index >= 15 is 0 Å². The van der Waals surface area contributed by atoms with E-state index < -0.39 is 5.54 Å². The fraction of sp³-hybridized carbons (Fsp3) is 0.615. The Bertz CT molecular complexity index is 439. The lowest BCUT2D eigenvalue weighted by atomic mass is 10.1. The van der Waals surface area contributed by atoms with Crippen LogP contribution in [0.2, 0.25) is 0 Å². The number of rotatable bonds is 5. The van der Waals surface area contributed by atoms with Gasteiger partial charge in [-0.25, -0.2) is 0 Å². The summed E-state index contributed by atoms with van der Waals surface area (Å²) in [6, 6.07) is 4.15. The molecule has 0 bridgehead atoms. The summed E-state index contributed by atoms with van der Waals surface area (Å²) in [4.78, 5) is 14.5. The minimum atomic E-state index is -0.921. The molecular weight excluding hydrogens is 250 g/mol. The molecule has 5 heteroatoms. The molecule has 1 aliphatic carbocycles. The number of carbonyl (C=O) groups is 1. The highest BCUT2D eigenvalue weighted by atomic mass is 32.1. The first kappa shape index (κ1) is 13.5. The van der Waals surface area contributed by atoms with Crippen molar-refractivity contribution in [3.63, 3.8) is 0 Å². The van der Waals surface area contributed by atoms with Crippen molar-refractivity contribution in [3.05, 3.63) is 21.9 Å². The average molecular weight is 269 g/mol. The highest BCUT2D eigenvalue weighted by Gasteiger charge is 2.46. The third-order valence-electron chi connectivity index (χ3n) is 3.38. The number of nitrogens with one attached hydrogen (secondary N) is 1. The lowest BCUT2D eigenvalue weighted by molar-refractivity contribution is -0.125. The number of aliphatic hydroxyl groups is 2. The molecule has 2 unspecified atom stereocenters. The zero-order valence-corrected chi connectivity index (χ0v) is 11.5. The van der Waals surface area contributed by atoms with Crippen LogP contribution in [0.5, 0.6) is 0 Å². The summed E-state index contributed by atoms with van der Waals surface area (Å²) in [5, 5.41) is 21.0. The van der Waals surface area contributed by atoms with Gasteiger partial charge >= 0.3 is 0 Å². The average Bonchev–Trinajstić information content (AvgIpc) is 3.05. The largest absolute Gasteiger partial charge is 0.394 e. The number of hydrogen-bond donors (Lipinski definition) is 3. The van der Waals surface area contributed by atoms with Gasteiger partial charge in [0, 0.05) is 21.6 Å². The van der Waals surface area contributed by atoms with Crippen LogP contribution in [0.15, 0.2) is 12.1 Å². The zero-order chi connectivity index (χ0) is 13.3. The van der Waals surface area contributed by atoms with Crippen molar-refractivity contribution in [1.82, 2.24) is 5.32 Å². The van der Waals surface area contributed by atoms with E-state index in [-0.39, 0.29) is 25.0 Å². The number of carbonyl (C=O) groups excluding carboxylic acids is 1. The van der Waals surface area contributed by atoms with Gasteiger partial charge in [-0.1, -0.05) is 0 Å². The first-order valence-corrected chi connectivity index (χ1v) is 6.91. The van der Waals surface area contributed by atoms with E-state index in [1.807, 2.05) is 0 Å². The predicted octanol–water partition coefficient (Wildman–Crippen LogP) is 1.02. The molecule has 1 heterocycles. The second-order valence-electron chi connectivity index (χ2n) is 5.26. The number of hydrogen-bond acceptors (Lipinski definition) is 4. The first-order chi connectivity index (χ1) is 8.49. The van der Waals surface area contributed by atoms with E-state index in [9.17, 15) is 4.79 Å². The Morgan fingerprint density at radius 2 is 2.17 bits per heavy atom. The zero-order valence-electron chi connectivity index (χ0n) is 10.6. The summed E-state index contributed by atoms with van der Waals surface area (Å²) < 4.78 is 0. The summed E-state index contributed by atoms with van der Waals surface area (Å²) in [6.45, 7) is 3.17. The molecule has 2 atom stereocenters. The van der Waals surface area contributed by atoms with E-state index in [1.165, 1.54) is 9.75 Å². The maximum Gasteiger partial charge on any atom is 0.224 e. The second kappa shape index (κ2) is 4.99. The fourth-order valence-electron chi connectivity index (χ4n) is 1.97. The van der Waals surface area contributed by atoms with Crippen LogP contribution in [0.4, 0.5) is 0 Å². The second-order valence-corrected chi connectivity index (χ2v) is 6.58. The monoisotopic (exact) mass is 269 g/mol. The standard InChI is InChI=1S/C13H19NO3S/c1-8-3-4-11(18-8)9-5-10(9)12(17)14-13(2,6-15)7-16/h3-4,9-10,15-16H,5-7H2,1-2H3,(H,14,17). The highest BCUT2D eigenvalue weighted by Crippen LogP contribution is 2.49. The summed E-state index contributed by atoms with van der Waals surface area (Å²) in [5.74, 6) is 0.225. The van der Waals surface area contributed by atoms with E-state index in [0.29, 0.717) is 5.92 Å². The van der Waals surface area contributed by atoms with Crippen molar-refractivity contribution in [2.24, 2.45) is 5.92 Å². The number of aryl methyl sites for hydroxylation is 1. The SMILES string of the molecule is Cc1ccc(C2CC2C(=O)NC(C)(CO)CO)s1. The van der Waals surface area contributed by atoms with Crippen molar-refractivity contribution >= 4 is 17.2 Å². The first-order valence-electron chi connectivity index (χ1n) is 6.09. The van der Waals surface area contributed by atoms with Crippen LogP contribution < -0.4 is 5.32 Å². The molecule has 1 amide bonds. The van der Waals surface area contributed by atoms with Gasteiger partial charge in [0.1, 0.15) is 0 Å². The molecule has 0 spiro atoms. The summed E-state index contributed by atoms with van der Waals surface area (Å²) in [6.07, 6.45) is 0.860. The fourth-order valence-corrected chi connectivity index (χ4v) is 3.03. The molecule has 0 aromatic carbocycles. The molecule has 1 aromatic heterocycles. The van der Waals surface area contributed by atoms with Crippen LogP contribution in [0.1, 0.15) is 29.0 Å². The van der Waals surface area contributed by atoms with Crippen molar-refractivity contribution in [2.45, 2.75) is 31.7 Å². The van der Waals surface area contributed by atoms with Crippen LogP contribution in [0.3, 0.4) is 0 Å². The molecule has 4 nitrogen and oxygen atoms in total. The van der Waals surface area contributed by atoms with Gasteiger partial charge in [0.25, 0.3) is 0 Å². The maximum absolute atomic E-state index is 12.0. The maximum atomic E-state index is 12.0. The quantitative estimate of drug-likeness (QED) is 0.747. The van der Waals surface area contributed by atoms with Gasteiger partial charge in [-0.15, -0.1) is 11.3 Å². The van der Waals surface area contributed by atoms with Crippen LogP contribution in [-0.2, 0) is 4.79 Å². The van der Waals surface area contributed by atoms with E-state index in [2.05, 4.69) is 24.4 Å². The van der Waals surface area contributed by atoms with Crippen LogP contribution in [0, 0.1) is 12.8 Å². The van der Waals surface area contributed by atoms with Gasteiger partial charge in [-0.2, -0.15) is 0 Å². The third-order valence-corrected chi connectivity index (χ3v) is 4.51. The summed E-state index contributed by atoms with van der Waals surface area (Å²) in [7, 11) is 0. The predicted molar refractivity (Wildman–Crippen MR) is 70.6 cm³/mol. The molecule has 1 aromatic rings. The van der Waals surface area contributed by atoms with Crippen LogP contribution in [-0.4, -0.2) is 34.9 Å². The number of thiophene rings is 1. The molecule has 18 heavy (non-hydrogen) atoms. The molecular formula is C13H19NO3S. The molecule has 100 valence electrons. The van der Waals surface area contributed by atoms with Gasteiger partial charge in [0.15, 0.2) is 0 Å². The smallest absolute Gasteiger partial charge is 0.224 e.